The average Bonchev–Trinajstić information content (AvgIpc) is 2.46. The minimum absolute atomic E-state index is 0.0861. The van der Waals surface area contributed by atoms with Gasteiger partial charge in [-0.3, -0.25) is 9.00 Å². The highest BCUT2D eigenvalue weighted by Gasteiger charge is 2.11. The number of nitrogens with one attached hydrogen (secondary N) is 1. The monoisotopic (exact) mass is 319 g/mol. The predicted molar refractivity (Wildman–Crippen MR) is 82.3 cm³/mol. The number of fused-ring (bicyclic) bond motifs is 1. The second kappa shape index (κ2) is 5.46. The van der Waals surface area contributed by atoms with E-state index < -0.39 is 27.9 Å². The van der Waals surface area contributed by atoms with Crippen LogP contribution in [0, 0.1) is 11.6 Å². The number of halogens is 2. The molecule has 3 rings (SSSR count). The lowest BCUT2D eigenvalue weighted by Crippen LogP contribution is -2.06. The zero-order chi connectivity index (χ0) is 15.9. The molecule has 22 heavy (non-hydrogen) atoms. The molecule has 1 aromatic heterocycles. The minimum atomic E-state index is -1.16. The topological polar surface area (TPSA) is 49.9 Å². The molecule has 0 saturated carbocycles. The Morgan fingerprint density at radius 1 is 1.09 bits per heavy atom. The zero-order valence-electron chi connectivity index (χ0n) is 11.5. The number of hydrogen-bond donors (Lipinski definition) is 1. The van der Waals surface area contributed by atoms with E-state index in [0.717, 1.165) is 6.07 Å². The summed E-state index contributed by atoms with van der Waals surface area (Å²) in [4.78, 5) is 15.5. The lowest BCUT2D eigenvalue weighted by atomic mass is 10.1. The molecule has 3 nitrogen and oxygen atoms in total. The first-order valence-electron chi connectivity index (χ1n) is 6.41. The lowest BCUT2D eigenvalue weighted by Gasteiger charge is -2.07. The van der Waals surface area contributed by atoms with Gasteiger partial charge >= 0.3 is 0 Å². The van der Waals surface area contributed by atoms with Crippen molar-refractivity contribution in [1.29, 1.82) is 0 Å². The van der Waals surface area contributed by atoms with Gasteiger partial charge < -0.3 is 4.98 Å². The third-order valence-electron chi connectivity index (χ3n) is 3.32. The summed E-state index contributed by atoms with van der Waals surface area (Å²) in [5, 5.41) is -0.180. The largest absolute Gasteiger partial charge is 0.354 e. The molecule has 3 aromatic rings. The summed E-state index contributed by atoms with van der Waals surface area (Å²) >= 11 is 0. The van der Waals surface area contributed by atoms with Gasteiger partial charge in [-0.25, -0.2) is 8.78 Å². The molecule has 112 valence electrons. The Morgan fingerprint density at radius 3 is 2.59 bits per heavy atom. The standard InChI is InChI=1S/C16H11F2NO2S/c1-22(21)11-4-2-3-9(5-11)13-8-15(20)16-12(18)6-10(17)7-14(16)19-13/h2-8H,1H3,(H,19,20). The zero-order valence-corrected chi connectivity index (χ0v) is 12.3. The van der Waals surface area contributed by atoms with Gasteiger partial charge in [0.1, 0.15) is 11.6 Å². The van der Waals surface area contributed by atoms with Crippen LogP contribution in [0.25, 0.3) is 22.2 Å². The first-order valence-corrected chi connectivity index (χ1v) is 7.97. The first kappa shape index (κ1) is 14.6. The van der Waals surface area contributed by atoms with Crippen molar-refractivity contribution in [3.63, 3.8) is 0 Å². The van der Waals surface area contributed by atoms with Crippen molar-refractivity contribution in [2.24, 2.45) is 0 Å². The van der Waals surface area contributed by atoms with Gasteiger partial charge in [0, 0.05) is 39.8 Å². The number of aromatic amines is 1. The predicted octanol–water partition coefficient (Wildman–Crippen LogP) is 3.21. The summed E-state index contributed by atoms with van der Waals surface area (Å²) in [5.74, 6) is -1.66. The highest BCUT2D eigenvalue weighted by Crippen LogP contribution is 2.22. The molecule has 0 saturated heterocycles. The Bertz CT molecular complexity index is 966. The van der Waals surface area contributed by atoms with Crippen molar-refractivity contribution in [2.75, 3.05) is 6.26 Å². The second-order valence-electron chi connectivity index (χ2n) is 4.84. The minimum Gasteiger partial charge on any atom is -0.354 e. The molecular weight excluding hydrogens is 308 g/mol. The van der Waals surface area contributed by atoms with Crippen molar-refractivity contribution < 1.29 is 13.0 Å². The van der Waals surface area contributed by atoms with Crippen LogP contribution in [0.15, 0.2) is 52.2 Å². The third kappa shape index (κ3) is 2.57. The number of rotatable bonds is 2. The van der Waals surface area contributed by atoms with Gasteiger partial charge in [-0.15, -0.1) is 0 Å². The maximum absolute atomic E-state index is 13.7. The van der Waals surface area contributed by atoms with E-state index in [4.69, 9.17) is 0 Å². The Morgan fingerprint density at radius 2 is 1.86 bits per heavy atom. The normalized spacial score (nSPS) is 12.5. The maximum Gasteiger partial charge on any atom is 0.192 e. The fourth-order valence-corrected chi connectivity index (χ4v) is 2.87. The van der Waals surface area contributed by atoms with Crippen molar-refractivity contribution in [2.45, 2.75) is 4.90 Å². The van der Waals surface area contributed by atoms with Gasteiger partial charge in [0.05, 0.1) is 10.9 Å². The van der Waals surface area contributed by atoms with Crippen molar-refractivity contribution >= 4 is 21.7 Å². The molecule has 0 spiro atoms. The Kier molecular flexibility index (Phi) is 3.62. The second-order valence-corrected chi connectivity index (χ2v) is 6.22. The van der Waals surface area contributed by atoms with Crippen molar-refractivity contribution in [3.8, 4) is 11.3 Å². The summed E-state index contributed by atoms with van der Waals surface area (Å²) in [7, 11) is -1.16. The van der Waals surface area contributed by atoms with E-state index in [-0.39, 0.29) is 10.9 Å². The van der Waals surface area contributed by atoms with E-state index in [9.17, 15) is 17.8 Å². The lowest BCUT2D eigenvalue weighted by molar-refractivity contribution is 0.591. The van der Waals surface area contributed by atoms with Crippen molar-refractivity contribution in [3.05, 3.63) is 64.3 Å². The molecule has 0 radical (unpaired) electrons. The van der Waals surface area contributed by atoms with Crippen LogP contribution in [0.5, 0.6) is 0 Å². The van der Waals surface area contributed by atoms with Crippen LogP contribution in [0.3, 0.4) is 0 Å². The van der Waals surface area contributed by atoms with Crippen molar-refractivity contribution in [1.82, 2.24) is 4.98 Å². The van der Waals surface area contributed by atoms with Crippen LogP contribution < -0.4 is 5.43 Å². The fraction of sp³-hybridized carbons (Fsp3) is 0.0625. The number of benzene rings is 2. The van der Waals surface area contributed by atoms with Gasteiger partial charge in [-0.2, -0.15) is 0 Å². The van der Waals surface area contributed by atoms with Gasteiger partial charge in [0.2, 0.25) is 0 Å². The molecule has 0 aliphatic rings. The van der Waals surface area contributed by atoms with E-state index in [1.807, 2.05) is 0 Å². The van der Waals surface area contributed by atoms with Crippen LogP contribution in [0.2, 0.25) is 0 Å². The molecule has 1 atom stereocenters. The molecule has 0 amide bonds. The Balaban J connectivity index is 2.27. The van der Waals surface area contributed by atoms with Crippen LogP contribution in [0.1, 0.15) is 0 Å². The summed E-state index contributed by atoms with van der Waals surface area (Å²) in [6.07, 6.45) is 1.55. The van der Waals surface area contributed by atoms with E-state index in [1.165, 1.54) is 6.07 Å². The van der Waals surface area contributed by atoms with E-state index in [2.05, 4.69) is 4.98 Å². The molecule has 1 heterocycles. The van der Waals surface area contributed by atoms with E-state index in [0.29, 0.717) is 22.2 Å². The summed E-state index contributed by atoms with van der Waals surface area (Å²) in [5.41, 5.74) is 0.582. The number of hydrogen-bond acceptors (Lipinski definition) is 2. The summed E-state index contributed by atoms with van der Waals surface area (Å²) < 4.78 is 38.6. The Hall–Kier alpha value is -2.34. The average molecular weight is 319 g/mol. The maximum atomic E-state index is 13.7. The van der Waals surface area contributed by atoms with Gasteiger partial charge in [-0.05, 0) is 23.8 Å². The van der Waals surface area contributed by atoms with E-state index in [1.54, 1.807) is 30.5 Å². The van der Waals surface area contributed by atoms with Crippen LogP contribution in [-0.2, 0) is 10.8 Å². The highest BCUT2D eigenvalue weighted by atomic mass is 32.2. The number of aromatic nitrogens is 1. The van der Waals surface area contributed by atoms with E-state index >= 15 is 0 Å². The summed E-state index contributed by atoms with van der Waals surface area (Å²) in [6, 6.07) is 9.81. The smallest absolute Gasteiger partial charge is 0.192 e. The molecule has 2 aromatic carbocycles. The molecule has 6 heteroatoms. The SMILES string of the molecule is CS(=O)c1cccc(-c2cc(=O)c3c(F)cc(F)cc3[nH]2)c1. The van der Waals surface area contributed by atoms with Gasteiger partial charge in [0.25, 0.3) is 0 Å². The molecular formula is C16H11F2NO2S. The van der Waals surface area contributed by atoms with Crippen LogP contribution in [0.4, 0.5) is 8.78 Å². The third-order valence-corrected chi connectivity index (χ3v) is 4.24. The molecule has 1 N–H and O–H groups in total. The molecule has 0 bridgehead atoms. The fourth-order valence-electron chi connectivity index (χ4n) is 2.30. The van der Waals surface area contributed by atoms with Gasteiger partial charge in [-0.1, -0.05) is 12.1 Å². The molecule has 0 aliphatic carbocycles. The summed E-state index contributed by atoms with van der Waals surface area (Å²) in [6.45, 7) is 0. The number of H-pyrrole nitrogens is 1. The van der Waals surface area contributed by atoms with Crippen LogP contribution >= 0.6 is 0 Å². The van der Waals surface area contributed by atoms with Crippen LogP contribution in [-0.4, -0.2) is 15.4 Å². The first-order chi connectivity index (χ1) is 10.5. The highest BCUT2D eigenvalue weighted by molar-refractivity contribution is 7.84. The molecule has 0 fully saturated rings. The molecule has 1 unspecified atom stereocenters. The Labute approximate surface area is 127 Å². The quantitative estimate of drug-likeness (QED) is 0.788. The van der Waals surface area contributed by atoms with Gasteiger partial charge in [0.15, 0.2) is 5.43 Å². The number of pyridine rings is 1. The molecule has 0 aliphatic heterocycles.